The van der Waals surface area contributed by atoms with Crippen molar-refractivity contribution in [2.45, 2.75) is 25.4 Å². The van der Waals surface area contributed by atoms with Gasteiger partial charge in [0.25, 0.3) is 0 Å². The number of rotatable bonds is 6. The van der Waals surface area contributed by atoms with Crippen LogP contribution in [-0.2, 0) is 15.7 Å². The molecule has 0 aliphatic carbocycles. The lowest BCUT2D eigenvalue weighted by molar-refractivity contribution is -0.137. The first-order chi connectivity index (χ1) is 11.8. The first-order valence-corrected chi connectivity index (χ1v) is 8.45. The highest BCUT2D eigenvalue weighted by Crippen LogP contribution is 2.34. The van der Waals surface area contributed by atoms with Crippen molar-refractivity contribution < 1.29 is 22.7 Å². The van der Waals surface area contributed by atoms with Gasteiger partial charge in [-0.1, -0.05) is 11.6 Å². The number of amides is 1. The monoisotopic (exact) mass is 379 g/mol. The molecule has 25 heavy (non-hydrogen) atoms. The van der Waals surface area contributed by atoms with Crippen LogP contribution in [0.2, 0.25) is 5.02 Å². The van der Waals surface area contributed by atoms with Crippen LogP contribution < -0.4 is 10.2 Å². The topological polar surface area (TPSA) is 54.5 Å². The van der Waals surface area contributed by atoms with E-state index < -0.39 is 11.7 Å². The third-order valence-corrected chi connectivity index (χ3v) is 4.42. The fourth-order valence-electron chi connectivity index (χ4n) is 2.74. The van der Waals surface area contributed by atoms with E-state index in [-0.39, 0.29) is 16.8 Å². The predicted molar refractivity (Wildman–Crippen MR) is 88.7 cm³/mol. The van der Waals surface area contributed by atoms with Crippen LogP contribution in [0, 0.1) is 5.92 Å². The average molecular weight is 380 g/mol. The molecule has 9 heteroatoms. The van der Waals surface area contributed by atoms with E-state index >= 15 is 0 Å². The molecule has 0 atom stereocenters. The molecule has 1 amide bonds. The molecule has 0 aromatic carbocycles. The number of hydrogen-bond donors (Lipinski definition) is 1. The summed E-state index contributed by atoms with van der Waals surface area (Å²) in [6.45, 7) is 2.21. The van der Waals surface area contributed by atoms with Crippen molar-refractivity contribution in [1.82, 2.24) is 10.3 Å². The lowest BCUT2D eigenvalue weighted by Crippen LogP contribution is -2.41. The van der Waals surface area contributed by atoms with Gasteiger partial charge in [0.2, 0.25) is 5.91 Å². The molecule has 0 spiro atoms. The molecule has 1 aromatic heterocycles. The van der Waals surface area contributed by atoms with Gasteiger partial charge in [-0.05, 0) is 25.3 Å². The van der Waals surface area contributed by atoms with E-state index in [2.05, 4.69) is 10.3 Å². The molecule has 140 valence electrons. The number of nitrogens with one attached hydrogen (secondary N) is 1. The Morgan fingerprint density at radius 3 is 2.68 bits per heavy atom. The summed E-state index contributed by atoms with van der Waals surface area (Å²) in [6.07, 6.45) is -1.71. The average Bonchev–Trinajstić information content (AvgIpc) is 2.58. The van der Waals surface area contributed by atoms with Gasteiger partial charge in [0, 0.05) is 45.5 Å². The van der Waals surface area contributed by atoms with Crippen LogP contribution in [-0.4, -0.2) is 44.2 Å². The van der Waals surface area contributed by atoms with E-state index in [4.69, 9.17) is 16.3 Å². The standard InChI is InChI=1S/C16H21ClF3N3O2/c1-25-8-2-5-21-15(24)11-3-6-23(7-4-11)14-13(17)9-12(10-22-14)16(18,19)20/h9-11H,2-8H2,1H3,(H,21,24). The molecule has 1 saturated heterocycles. The highest BCUT2D eigenvalue weighted by atomic mass is 35.5. The Bertz CT molecular complexity index is 590. The minimum Gasteiger partial charge on any atom is -0.385 e. The van der Waals surface area contributed by atoms with Crippen LogP contribution in [0.4, 0.5) is 19.0 Å². The van der Waals surface area contributed by atoms with Gasteiger partial charge in [0.15, 0.2) is 0 Å². The van der Waals surface area contributed by atoms with Gasteiger partial charge in [-0.2, -0.15) is 13.2 Å². The van der Waals surface area contributed by atoms with Crippen molar-refractivity contribution in [2.75, 3.05) is 38.3 Å². The molecule has 5 nitrogen and oxygen atoms in total. The Kier molecular flexibility index (Phi) is 6.89. The Hall–Kier alpha value is -1.54. The summed E-state index contributed by atoms with van der Waals surface area (Å²) in [6, 6.07) is 0.887. The number of piperidine rings is 1. The minimum atomic E-state index is -4.47. The zero-order valence-electron chi connectivity index (χ0n) is 13.9. The van der Waals surface area contributed by atoms with Crippen LogP contribution >= 0.6 is 11.6 Å². The number of pyridine rings is 1. The number of carbonyl (C=O) groups excluding carboxylic acids is 1. The number of halogens is 4. The van der Waals surface area contributed by atoms with Gasteiger partial charge in [0.05, 0.1) is 10.6 Å². The molecule has 1 aliphatic rings. The summed E-state index contributed by atoms with van der Waals surface area (Å²) in [5.74, 6) is 0.225. The maximum Gasteiger partial charge on any atom is 0.417 e. The van der Waals surface area contributed by atoms with Gasteiger partial charge < -0.3 is 15.0 Å². The van der Waals surface area contributed by atoms with Crippen molar-refractivity contribution in [3.05, 3.63) is 22.8 Å². The molecular weight excluding hydrogens is 359 g/mol. The quantitative estimate of drug-likeness (QED) is 0.772. The number of carbonyl (C=O) groups is 1. The Labute approximate surface area is 149 Å². The predicted octanol–water partition coefficient (Wildman–Crippen LogP) is 3.12. The number of anilines is 1. The largest absolute Gasteiger partial charge is 0.417 e. The van der Waals surface area contributed by atoms with E-state index in [0.29, 0.717) is 44.9 Å². The maximum absolute atomic E-state index is 12.7. The first-order valence-electron chi connectivity index (χ1n) is 8.07. The normalized spacial score (nSPS) is 16.1. The van der Waals surface area contributed by atoms with Crippen molar-refractivity contribution in [2.24, 2.45) is 5.92 Å². The van der Waals surface area contributed by atoms with Crippen molar-refractivity contribution in [3.63, 3.8) is 0 Å². The van der Waals surface area contributed by atoms with Crippen LogP contribution in [0.3, 0.4) is 0 Å². The van der Waals surface area contributed by atoms with Gasteiger partial charge >= 0.3 is 6.18 Å². The molecule has 0 unspecified atom stereocenters. The fourth-order valence-corrected chi connectivity index (χ4v) is 3.03. The highest BCUT2D eigenvalue weighted by Gasteiger charge is 2.32. The van der Waals surface area contributed by atoms with E-state index in [1.165, 1.54) is 0 Å². The van der Waals surface area contributed by atoms with Crippen molar-refractivity contribution >= 4 is 23.3 Å². The summed E-state index contributed by atoms with van der Waals surface area (Å²) in [5.41, 5.74) is -0.869. The SMILES string of the molecule is COCCCNC(=O)C1CCN(c2ncc(C(F)(F)F)cc2Cl)CC1. The highest BCUT2D eigenvalue weighted by molar-refractivity contribution is 6.33. The number of nitrogens with zero attached hydrogens (tertiary/aromatic N) is 2. The first kappa shape index (κ1) is 19.8. The van der Waals surface area contributed by atoms with Crippen LogP contribution in [0.1, 0.15) is 24.8 Å². The molecule has 2 rings (SSSR count). The lowest BCUT2D eigenvalue weighted by atomic mass is 9.96. The van der Waals surface area contributed by atoms with Gasteiger partial charge in [-0.3, -0.25) is 4.79 Å². The van der Waals surface area contributed by atoms with E-state index in [1.807, 2.05) is 4.90 Å². The summed E-state index contributed by atoms with van der Waals surface area (Å²) in [5, 5.41) is 2.84. The molecule has 0 radical (unpaired) electrons. The second-order valence-electron chi connectivity index (χ2n) is 5.93. The molecule has 1 aliphatic heterocycles. The Morgan fingerprint density at radius 2 is 2.12 bits per heavy atom. The van der Waals surface area contributed by atoms with Crippen molar-refractivity contribution in [1.29, 1.82) is 0 Å². The van der Waals surface area contributed by atoms with E-state index in [9.17, 15) is 18.0 Å². The molecule has 1 N–H and O–H groups in total. The zero-order valence-corrected chi connectivity index (χ0v) is 14.7. The second kappa shape index (κ2) is 8.71. The van der Waals surface area contributed by atoms with E-state index in [0.717, 1.165) is 18.7 Å². The lowest BCUT2D eigenvalue weighted by Gasteiger charge is -2.32. The Morgan fingerprint density at radius 1 is 1.44 bits per heavy atom. The number of hydrogen-bond acceptors (Lipinski definition) is 4. The summed E-state index contributed by atoms with van der Waals surface area (Å²) in [4.78, 5) is 17.8. The van der Waals surface area contributed by atoms with Crippen LogP contribution in [0.25, 0.3) is 0 Å². The number of aromatic nitrogens is 1. The Balaban J connectivity index is 1.88. The third kappa shape index (κ3) is 5.47. The molecule has 1 aromatic rings. The van der Waals surface area contributed by atoms with E-state index in [1.54, 1.807) is 7.11 Å². The molecule has 2 heterocycles. The molecule has 0 saturated carbocycles. The molecule has 0 bridgehead atoms. The number of alkyl halides is 3. The zero-order chi connectivity index (χ0) is 18.4. The van der Waals surface area contributed by atoms with Gasteiger partial charge in [0.1, 0.15) is 5.82 Å². The smallest absolute Gasteiger partial charge is 0.385 e. The summed E-state index contributed by atoms with van der Waals surface area (Å²) in [7, 11) is 1.61. The van der Waals surface area contributed by atoms with Crippen LogP contribution in [0.5, 0.6) is 0 Å². The number of ether oxygens (including phenoxy) is 1. The number of methoxy groups -OCH3 is 1. The van der Waals surface area contributed by atoms with Gasteiger partial charge in [-0.15, -0.1) is 0 Å². The van der Waals surface area contributed by atoms with Crippen molar-refractivity contribution in [3.8, 4) is 0 Å². The third-order valence-electron chi connectivity index (χ3n) is 4.14. The summed E-state index contributed by atoms with van der Waals surface area (Å²) < 4.78 is 42.9. The fraction of sp³-hybridized carbons (Fsp3) is 0.625. The maximum atomic E-state index is 12.7. The van der Waals surface area contributed by atoms with Crippen LogP contribution in [0.15, 0.2) is 12.3 Å². The summed E-state index contributed by atoms with van der Waals surface area (Å²) >= 11 is 5.97. The molecular formula is C16H21ClF3N3O2. The second-order valence-corrected chi connectivity index (χ2v) is 6.33. The molecule has 1 fully saturated rings. The minimum absolute atomic E-state index is 0.00206. The van der Waals surface area contributed by atoms with Gasteiger partial charge in [-0.25, -0.2) is 4.98 Å².